The average Bonchev–Trinajstić information content (AvgIpc) is 2.28. The quantitative estimate of drug-likeness (QED) is 0.660. The molecule has 3 nitrogen and oxygen atoms in total. The Bertz CT molecular complexity index is 437. The molecule has 0 saturated heterocycles. The molecule has 0 spiro atoms. The number of hydrogen-bond acceptors (Lipinski definition) is 3. The van der Waals surface area contributed by atoms with Gasteiger partial charge in [0.15, 0.2) is 0 Å². The topological polar surface area (TPSA) is 35.5 Å². The number of benzene rings is 1. The lowest BCUT2D eigenvalue weighted by atomic mass is 10.1. The number of hydrogen-bond donors (Lipinski definition) is 0. The van der Waals surface area contributed by atoms with E-state index in [0.29, 0.717) is 16.9 Å². The molecule has 15 heavy (non-hydrogen) atoms. The van der Waals surface area contributed by atoms with E-state index in [2.05, 4.69) is 4.74 Å². The van der Waals surface area contributed by atoms with Crippen molar-refractivity contribution in [3.8, 4) is 5.75 Å². The maximum absolute atomic E-state index is 13.3. The lowest BCUT2D eigenvalue weighted by molar-refractivity contribution is -0.136. The Morgan fingerprint density at radius 3 is 3.07 bits per heavy atom. The van der Waals surface area contributed by atoms with Crippen molar-refractivity contribution >= 4 is 12.0 Å². The van der Waals surface area contributed by atoms with Crippen LogP contribution in [0.5, 0.6) is 5.75 Å². The Hall–Kier alpha value is -1.84. The van der Waals surface area contributed by atoms with Gasteiger partial charge in [0.25, 0.3) is 0 Å². The minimum atomic E-state index is -0.496. The molecule has 0 aliphatic carbocycles. The summed E-state index contributed by atoms with van der Waals surface area (Å²) < 4.78 is 23.1. The van der Waals surface area contributed by atoms with Crippen molar-refractivity contribution in [1.29, 1.82) is 0 Å². The lowest BCUT2D eigenvalue weighted by Crippen LogP contribution is -2.16. The van der Waals surface area contributed by atoms with Gasteiger partial charge in [-0.05, 0) is 18.2 Å². The van der Waals surface area contributed by atoms with E-state index in [0.717, 1.165) is 0 Å². The molecular formula is C11H9FO3. The van der Waals surface area contributed by atoms with Crippen LogP contribution in [0.25, 0.3) is 6.08 Å². The van der Waals surface area contributed by atoms with E-state index >= 15 is 0 Å². The smallest absolute Gasteiger partial charge is 0.337 e. The molecule has 2 rings (SSSR count). The van der Waals surface area contributed by atoms with Crippen LogP contribution in [0, 0.1) is 5.82 Å². The monoisotopic (exact) mass is 208 g/mol. The zero-order valence-corrected chi connectivity index (χ0v) is 8.12. The van der Waals surface area contributed by atoms with Gasteiger partial charge in [0.2, 0.25) is 0 Å². The van der Waals surface area contributed by atoms with Gasteiger partial charge < -0.3 is 9.47 Å². The summed E-state index contributed by atoms with van der Waals surface area (Å²) in [6, 6.07) is 4.53. The number of fused-ring (bicyclic) bond motifs is 1. The molecule has 1 aromatic rings. The fraction of sp³-hybridized carbons (Fsp3) is 0.182. The zero-order chi connectivity index (χ0) is 10.8. The van der Waals surface area contributed by atoms with Gasteiger partial charge in [0, 0.05) is 0 Å². The Morgan fingerprint density at radius 2 is 2.33 bits per heavy atom. The Kier molecular flexibility index (Phi) is 2.41. The van der Waals surface area contributed by atoms with Gasteiger partial charge in [-0.2, -0.15) is 0 Å². The van der Waals surface area contributed by atoms with Gasteiger partial charge in [0.05, 0.1) is 18.2 Å². The lowest BCUT2D eigenvalue weighted by Gasteiger charge is -2.16. The summed E-state index contributed by atoms with van der Waals surface area (Å²) in [4.78, 5) is 11.2. The van der Waals surface area contributed by atoms with Crippen molar-refractivity contribution in [2.45, 2.75) is 0 Å². The first kappa shape index (κ1) is 9.71. The Labute approximate surface area is 86.1 Å². The number of esters is 1. The van der Waals surface area contributed by atoms with Gasteiger partial charge in [-0.15, -0.1) is 0 Å². The third-order valence-corrected chi connectivity index (χ3v) is 2.16. The first-order valence-electron chi connectivity index (χ1n) is 4.42. The normalized spacial score (nSPS) is 13.6. The summed E-state index contributed by atoms with van der Waals surface area (Å²) >= 11 is 0. The number of carbonyl (C=O) groups excluding carboxylic acids is 1. The summed E-state index contributed by atoms with van der Waals surface area (Å²) in [5.41, 5.74) is 0.610. The Morgan fingerprint density at radius 1 is 1.53 bits per heavy atom. The van der Waals surface area contributed by atoms with E-state index < -0.39 is 11.8 Å². The number of halogens is 1. The van der Waals surface area contributed by atoms with Crippen molar-refractivity contribution in [2.24, 2.45) is 0 Å². The van der Waals surface area contributed by atoms with E-state index in [9.17, 15) is 9.18 Å². The van der Waals surface area contributed by atoms with Crippen LogP contribution in [0.2, 0.25) is 0 Å². The highest BCUT2D eigenvalue weighted by molar-refractivity contribution is 5.95. The number of rotatable bonds is 1. The molecular weight excluding hydrogens is 199 g/mol. The molecule has 0 fully saturated rings. The van der Waals surface area contributed by atoms with Gasteiger partial charge in [-0.25, -0.2) is 9.18 Å². The van der Waals surface area contributed by atoms with Crippen molar-refractivity contribution in [3.63, 3.8) is 0 Å². The highest BCUT2D eigenvalue weighted by Crippen LogP contribution is 2.28. The predicted octanol–water partition coefficient (Wildman–Crippen LogP) is 1.77. The standard InChI is InChI=1S/C11H9FO3/c1-14-11(13)7-5-8-9(12)3-2-4-10(8)15-6-7/h2-5H,6H2,1H3. The number of ether oxygens (including phenoxy) is 2. The van der Waals surface area contributed by atoms with Crippen LogP contribution >= 0.6 is 0 Å². The molecule has 0 bridgehead atoms. The van der Waals surface area contributed by atoms with E-state index in [4.69, 9.17) is 4.74 Å². The highest BCUT2D eigenvalue weighted by Gasteiger charge is 2.19. The maximum atomic E-state index is 13.3. The van der Waals surface area contributed by atoms with E-state index in [1.165, 1.54) is 19.3 Å². The zero-order valence-electron chi connectivity index (χ0n) is 8.12. The molecule has 4 heteroatoms. The third-order valence-electron chi connectivity index (χ3n) is 2.16. The highest BCUT2D eigenvalue weighted by atomic mass is 19.1. The van der Waals surface area contributed by atoms with Gasteiger partial charge in [0.1, 0.15) is 18.2 Å². The predicted molar refractivity (Wildman–Crippen MR) is 51.9 cm³/mol. The fourth-order valence-corrected chi connectivity index (χ4v) is 1.40. The first-order valence-corrected chi connectivity index (χ1v) is 4.42. The van der Waals surface area contributed by atoms with Crippen LogP contribution in [0.4, 0.5) is 4.39 Å². The molecule has 0 atom stereocenters. The van der Waals surface area contributed by atoms with Crippen LogP contribution in [-0.4, -0.2) is 19.7 Å². The second-order valence-electron chi connectivity index (χ2n) is 3.10. The summed E-state index contributed by atoms with van der Waals surface area (Å²) in [6.45, 7) is 0.114. The average molecular weight is 208 g/mol. The second kappa shape index (κ2) is 3.73. The fourth-order valence-electron chi connectivity index (χ4n) is 1.40. The molecule has 1 aliphatic heterocycles. The van der Waals surface area contributed by atoms with Gasteiger partial charge in [-0.3, -0.25) is 0 Å². The molecule has 0 saturated carbocycles. The summed E-state index contributed by atoms with van der Waals surface area (Å²) in [5.74, 6) is -0.458. The molecule has 0 amide bonds. The van der Waals surface area contributed by atoms with Crippen LogP contribution < -0.4 is 4.74 Å². The summed E-state index contributed by atoms with van der Waals surface area (Å²) in [5, 5.41) is 0. The molecule has 1 aliphatic rings. The van der Waals surface area contributed by atoms with Crippen molar-refractivity contribution in [1.82, 2.24) is 0 Å². The first-order chi connectivity index (χ1) is 7.22. The molecule has 0 N–H and O–H groups in total. The van der Waals surface area contributed by atoms with Crippen LogP contribution in [0.3, 0.4) is 0 Å². The molecule has 78 valence electrons. The molecule has 0 radical (unpaired) electrons. The van der Waals surface area contributed by atoms with Crippen LogP contribution in [0.1, 0.15) is 5.56 Å². The number of methoxy groups -OCH3 is 1. The van der Waals surface area contributed by atoms with Crippen molar-refractivity contribution in [2.75, 3.05) is 13.7 Å². The molecule has 0 unspecified atom stereocenters. The summed E-state index contributed by atoms with van der Waals surface area (Å²) in [7, 11) is 1.28. The van der Waals surface area contributed by atoms with Gasteiger partial charge in [-0.1, -0.05) is 6.07 Å². The maximum Gasteiger partial charge on any atom is 0.337 e. The minimum absolute atomic E-state index is 0.114. The largest absolute Gasteiger partial charge is 0.488 e. The van der Waals surface area contributed by atoms with E-state index in [1.807, 2.05) is 0 Å². The second-order valence-corrected chi connectivity index (χ2v) is 3.10. The third kappa shape index (κ3) is 1.70. The summed E-state index contributed by atoms with van der Waals surface area (Å²) in [6.07, 6.45) is 1.46. The SMILES string of the molecule is COC(=O)C1=Cc2c(F)cccc2OC1. The molecule has 0 aromatic heterocycles. The van der Waals surface area contributed by atoms with E-state index in [1.54, 1.807) is 12.1 Å². The number of carbonyl (C=O) groups is 1. The van der Waals surface area contributed by atoms with Gasteiger partial charge >= 0.3 is 5.97 Å². The molecule has 1 aromatic carbocycles. The minimum Gasteiger partial charge on any atom is -0.488 e. The Balaban J connectivity index is 2.44. The van der Waals surface area contributed by atoms with Crippen molar-refractivity contribution < 1.29 is 18.7 Å². The van der Waals surface area contributed by atoms with Crippen LogP contribution in [0.15, 0.2) is 23.8 Å². The van der Waals surface area contributed by atoms with Crippen LogP contribution in [-0.2, 0) is 9.53 Å². The van der Waals surface area contributed by atoms with Crippen molar-refractivity contribution in [3.05, 3.63) is 35.2 Å². The molecule has 1 heterocycles. The van der Waals surface area contributed by atoms with E-state index in [-0.39, 0.29) is 6.61 Å².